The van der Waals surface area contributed by atoms with E-state index in [0.29, 0.717) is 6.20 Å². The Balaban J connectivity index is 3.09. The van der Waals surface area contributed by atoms with Crippen molar-refractivity contribution in [2.75, 3.05) is 6.61 Å². The number of nitrogens with zero attached hydrogens (tertiary/aromatic N) is 2. The molecule has 96 valence electrons. The first-order valence-electron chi connectivity index (χ1n) is 4.24. The van der Waals surface area contributed by atoms with Crippen molar-refractivity contribution in [3.63, 3.8) is 0 Å². The highest BCUT2D eigenvalue weighted by Crippen LogP contribution is 2.24. The molecule has 0 aliphatic rings. The van der Waals surface area contributed by atoms with Crippen molar-refractivity contribution < 1.29 is 31.1 Å². The number of carbonyl (C=O) groups excluding carboxylic acids is 1. The van der Waals surface area contributed by atoms with Crippen LogP contribution < -0.4 is 0 Å². The van der Waals surface area contributed by atoms with E-state index in [1.54, 1.807) is 0 Å². The van der Waals surface area contributed by atoms with Gasteiger partial charge in [0.2, 0.25) is 0 Å². The summed E-state index contributed by atoms with van der Waals surface area (Å²) in [5.41, 5.74) is -6.00. The predicted molar refractivity (Wildman–Crippen MR) is 48.6 cm³/mol. The van der Waals surface area contributed by atoms with Crippen LogP contribution in [0.25, 0.3) is 0 Å². The molecule has 0 atom stereocenters. The monoisotopic (exact) mass is 272 g/mol. The van der Waals surface area contributed by atoms with E-state index < -0.39 is 27.2 Å². The summed E-state index contributed by atoms with van der Waals surface area (Å²) in [7, 11) is -5.61. The van der Waals surface area contributed by atoms with E-state index >= 15 is 0 Å². The summed E-state index contributed by atoms with van der Waals surface area (Å²) in [5.74, 6) is -0.997. The third kappa shape index (κ3) is 2.57. The molecule has 0 bridgehead atoms. The molecule has 0 unspecified atom stereocenters. The first kappa shape index (κ1) is 13.5. The molecule has 0 spiro atoms. The Morgan fingerprint density at radius 2 is 2.12 bits per heavy atom. The fraction of sp³-hybridized carbons (Fsp3) is 0.429. The Bertz CT molecular complexity index is 519. The van der Waals surface area contributed by atoms with E-state index in [0.717, 1.165) is 6.07 Å². The number of alkyl halides is 3. The largest absolute Gasteiger partial charge is 0.518 e. The third-order valence-electron chi connectivity index (χ3n) is 1.59. The lowest BCUT2D eigenvalue weighted by atomic mass is 10.4. The molecule has 1 rings (SSSR count). The second-order valence-electron chi connectivity index (χ2n) is 2.74. The van der Waals surface area contributed by atoms with Gasteiger partial charge in [0.15, 0.2) is 5.69 Å². The summed E-state index contributed by atoms with van der Waals surface area (Å²) in [6.45, 7) is 1.49. The molecule has 0 saturated heterocycles. The second-order valence-corrected chi connectivity index (χ2v) is 4.53. The minimum Gasteiger partial charge on any atom is -0.461 e. The van der Waals surface area contributed by atoms with Crippen molar-refractivity contribution in [3.05, 3.63) is 18.0 Å². The van der Waals surface area contributed by atoms with E-state index in [4.69, 9.17) is 0 Å². The molecular formula is C7H7F3N2O4S. The van der Waals surface area contributed by atoms with Crippen LogP contribution in [0.1, 0.15) is 17.4 Å². The molecule has 0 radical (unpaired) electrons. The highest BCUT2D eigenvalue weighted by Gasteiger charge is 2.48. The number of esters is 1. The average molecular weight is 272 g/mol. The Kier molecular flexibility index (Phi) is 3.45. The predicted octanol–water partition coefficient (Wildman–Crippen LogP) is 0.758. The lowest BCUT2D eigenvalue weighted by Gasteiger charge is -2.06. The summed E-state index contributed by atoms with van der Waals surface area (Å²) < 4.78 is 62.2. The number of hydrogen-bond donors (Lipinski definition) is 0. The van der Waals surface area contributed by atoms with Gasteiger partial charge in [-0.1, -0.05) is 0 Å². The molecule has 0 aliphatic heterocycles. The van der Waals surface area contributed by atoms with Gasteiger partial charge < -0.3 is 4.74 Å². The van der Waals surface area contributed by atoms with Gasteiger partial charge in [-0.25, -0.2) is 4.79 Å². The molecule has 10 heteroatoms. The zero-order chi connectivity index (χ0) is 13.3. The minimum absolute atomic E-state index is 0.00227. The number of aromatic nitrogens is 2. The van der Waals surface area contributed by atoms with Gasteiger partial charge >= 0.3 is 21.5 Å². The van der Waals surface area contributed by atoms with Gasteiger partial charge in [-0.05, 0) is 13.0 Å². The number of halogens is 3. The van der Waals surface area contributed by atoms with Gasteiger partial charge in [0.1, 0.15) is 0 Å². The van der Waals surface area contributed by atoms with Gasteiger partial charge in [0, 0.05) is 6.20 Å². The molecule has 6 nitrogen and oxygen atoms in total. The molecule has 1 aromatic rings. The van der Waals surface area contributed by atoms with E-state index in [-0.39, 0.29) is 10.7 Å². The van der Waals surface area contributed by atoms with Crippen molar-refractivity contribution >= 4 is 16.0 Å². The SMILES string of the molecule is CCOC(=O)c1ccn(S(=O)(=O)C(F)(F)F)n1. The molecule has 0 aromatic carbocycles. The molecule has 0 fully saturated rings. The topological polar surface area (TPSA) is 78.3 Å². The van der Waals surface area contributed by atoms with Crippen LogP contribution >= 0.6 is 0 Å². The lowest BCUT2D eigenvalue weighted by Crippen LogP contribution is -2.30. The molecule has 0 aliphatic carbocycles. The van der Waals surface area contributed by atoms with Crippen LogP contribution in [0.4, 0.5) is 13.2 Å². The van der Waals surface area contributed by atoms with Crippen LogP contribution in [0, 0.1) is 0 Å². The maximum absolute atomic E-state index is 12.1. The van der Waals surface area contributed by atoms with E-state index in [9.17, 15) is 26.4 Å². The number of rotatable bonds is 3. The van der Waals surface area contributed by atoms with Gasteiger partial charge in [0.25, 0.3) is 0 Å². The van der Waals surface area contributed by atoms with Crippen molar-refractivity contribution in [1.29, 1.82) is 0 Å². The van der Waals surface area contributed by atoms with Crippen LogP contribution in [0.2, 0.25) is 0 Å². The van der Waals surface area contributed by atoms with Gasteiger partial charge in [-0.15, -0.1) is 0 Å². The van der Waals surface area contributed by atoms with Crippen LogP contribution in [0.5, 0.6) is 0 Å². The Labute approximate surface area is 94.0 Å². The quantitative estimate of drug-likeness (QED) is 0.759. The van der Waals surface area contributed by atoms with Gasteiger partial charge in [-0.2, -0.15) is 30.8 Å². The van der Waals surface area contributed by atoms with Gasteiger partial charge in [0.05, 0.1) is 6.61 Å². The first-order valence-corrected chi connectivity index (χ1v) is 5.68. The normalized spacial score (nSPS) is 12.5. The molecule has 0 amide bonds. The van der Waals surface area contributed by atoms with Crippen LogP contribution in [0.3, 0.4) is 0 Å². The highest BCUT2D eigenvalue weighted by atomic mass is 32.2. The lowest BCUT2D eigenvalue weighted by molar-refractivity contribution is -0.0449. The standard InChI is InChI=1S/C7H7F3N2O4S/c1-2-16-6(13)5-3-4-12(11-5)17(14,15)7(8,9)10/h3-4H,2H2,1H3. The molecule has 17 heavy (non-hydrogen) atoms. The summed E-state index contributed by atoms with van der Waals surface area (Å²) in [6.07, 6.45) is 0.523. The van der Waals surface area contributed by atoms with Crippen LogP contribution in [0.15, 0.2) is 12.3 Å². The summed E-state index contributed by atoms with van der Waals surface area (Å²) in [6, 6.07) is 0.821. The Morgan fingerprint density at radius 1 is 1.53 bits per heavy atom. The van der Waals surface area contributed by atoms with E-state index in [1.165, 1.54) is 6.92 Å². The fourth-order valence-electron chi connectivity index (χ4n) is 0.861. The van der Waals surface area contributed by atoms with Crippen molar-refractivity contribution in [3.8, 4) is 0 Å². The maximum atomic E-state index is 12.1. The highest BCUT2D eigenvalue weighted by molar-refractivity contribution is 7.90. The molecule has 1 aromatic heterocycles. The second kappa shape index (κ2) is 4.35. The van der Waals surface area contributed by atoms with Crippen LogP contribution in [-0.2, 0) is 14.8 Å². The van der Waals surface area contributed by atoms with E-state index in [2.05, 4.69) is 9.84 Å². The minimum atomic E-state index is -5.61. The summed E-state index contributed by atoms with van der Waals surface area (Å²) >= 11 is 0. The van der Waals surface area contributed by atoms with Gasteiger partial charge in [-0.3, -0.25) is 0 Å². The smallest absolute Gasteiger partial charge is 0.461 e. The Morgan fingerprint density at radius 3 is 2.59 bits per heavy atom. The third-order valence-corrected chi connectivity index (χ3v) is 2.87. The first-order chi connectivity index (χ1) is 7.70. The fourth-order valence-corrected chi connectivity index (χ4v) is 1.49. The van der Waals surface area contributed by atoms with E-state index in [1.807, 2.05) is 0 Å². The number of ether oxygens (including phenoxy) is 1. The molecule has 1 heterocycles. The zero-order valence-electron chi connectivity index (χ0n) is 8.43. The van der Waals surface area contributed by atoms with Crippen LogP contribution in [-0.4, -0.2) is 35.7 Å². The van der Waals surface area contributed by atoms with Crippen molar-refractivity contribution in [2.24, 2.45) is 0 Å². The average Bonchev–Trinajstić information content (AvgIpc) is 2.65. The molecule has 0 saturated carbocycles. The molecule has 0 N–H and O–H groups in total. The summed E-state index contributed by atoms with van der Waals surface area (Å²) in [5, 5.41) is 3.00. The van der Waals surface area contributed by atoms with Crippen molar-refractivity contribution in [2.45, 2.75) is 12.4 Å². The summed E-state index contributed by atoms with van der Waals surface area (Å²) in [4.78, 5) is 11.1. The zero-order valence-corrected chi connectivity index (χ0v) is 9.25. The molecular weight excluding hydrogens is 265 g/mol. The number of carbonyl (C=O) groups is 1. The maximum Gasteiger partial charge on any atom is 0.518 e. The number of hydrogen-bond acceptors (Lipinski definition) is 5. The van der Waals surface area contributed by atoms with Crippen molar-refractivity contribution in [1.82, 2.24) is 9.19 Å². The Hall–Kier alpha value is -1.58.